The number of amides is 1. The number of carboxylic acids is 1. The van der Waals surface area contributed by atoms with Crippen molar-refractivity contribution in [1.82, 2.24) is 5.32 Å². The molecular formula is C25H23ClN4O5. The number of ether oxygens (including phenoxy) is 1. The fraction of sp³-hybridized carbons (Fsp3) is 0.120. The van der Waals surface area contributed by atoms with Crippen LogP contribution in [0.5, 0.6) is 5.75 Å². The van der Waals surface area contributed by atoms with Crippen LogP contribution in [-0.2, 0) is 22.4 Å². The highest BCUT2D eigenvalue weighted by Gasteiger charge is 2.21. The average molecular weight is 495 g/mol. The largest absolute Gasteiger partial charge is 0.480 e. The molecule has 1 atom stereocenters. The number of benzene rings is 3. The highest BCUT2D eigenvalue weighted by atomic mass is 35.5. The lowest BCUT2D eigenvalue weighted by molar-refractivity contribution is -0.141. The Morgan fingerprint density at radius 2 is 1.69 bits per heavy atom. The summed E-state index contributed by atoms with van der Waals surface area (Å²) in [7, 11) is 0. The number of hydrogen-bond acceptors (Lipinski definition) is 5. The van der Waals surface area contributed by atoms with Crippen molar-refractivity contribution in [3.63, 3.8) is 0 Å². The van der Waals surface area contributed by atoms with Gasteiger partial charge >= 0.3 is 11.9 Å². The Hall–Kier alpha value is -4.37. The number of carbonyl (C=O) groups is 3. The number of rotatable bonds is 9. The van der Waals surface area contributed by atoms with Crippen molar-refractivity contribution >= 4 is 41.1 Å². The third-order valence-electron chi connectivity index (χ3n) is 4.86. The van der Waals surface area contributed by atoms with Crippen LogP contribution in [0.2, 0.25) is 5.02 Å². The molecule has 0 radical (unpaired) electrons. The summed E-state index contributed by atoms with van der Waals surface area (Å²) in [6.07, 6.45) is 0.00928. The molecule has 9 nitrogen and oxygen atoms in total. The molecule has 180 valence electrons. The number of carbonyl (C=O) groups excluding carboxylic acids is 2. The maximum absolute atomic E-state index is 12.5. The molecule has 6 N–H and O–H groups in total. The topological polar surface area (TPSA) is 157 Å². The first-order valence-corrected chi connectivity index (χ1v) is 10.9. The fourth-order valence-electron chi connectivity index (χ4n) is 3.19. The lowest BCUT2D eigenvalue weighted by atomic mass is 10.1. The molecule has 0 bridgehead atoms. The van der Waals surface area contributed by atoms with Gasteiger partial charge in [-0.05, 0) is 47.5 Å². The van der Waals surface area contributed by atoms with Crippen LogP contribution in [0.15, 0.2) is 77.8 Å². The molecule has 3 aromatic rings. The standard InChI is InChI=1S/C25H23ClN4O5/c26-20-14-19(35-24(34)16-6-9-18(10-7-16)29-25(27)28)11-8-17(20)13-22(31)30-21(23(32)33)12-15-4-2-1-3-5-15/h1-11,14,21H,12-13H2,(H,30,31)(H,32,33)(H4,27,28,29)/t21-/m0/s1. The molecule has 0 saturated carbocycles. The van der Waals surface area contributed by atoms with Crippen LogP contribution < -0.4 is 21.5 Å². The van der Waals surface area contributed by atoms with Crippen LogP contribution in [-0.4, -0.2) is 35.0 Å². The van der Waals surface area contributed by atoms with Crippen molar-refractivity contribution < 1.29 is 24.2 Å². The van der Waals surface area contributed by atoms with E-state index < -0.39 is 23.9 Å². The minimum Gasteiger partial charge on any atom is -0.480 e. The summed E-state index contributed by atoms with van der Waals surface area (Å²) in [5.74, 6) is -2.17. The molecule has 35 heavy (non-hydrogen) atoms. The smallest absolute Gasteiger partial charge is 0.343 e. The van der Waals surface area contributed by atoms with Gasteiger partial charge in [-0.1, -0.05) is 48.0 Å². The van der Waals surface area contributed by atoms with Crippen LogP contribution in [0.25, 0.3) is 0 Å². The van der Waals surface area contributed by atoms with Gasteiger partial charge in [-0.2, -0.15) is 0 Å². The van der Waals surface area contributed by atoms with E-state index in [1.165, 1.54) is 24.3 Å². The third-order valence-corrected chi connectivity index (χ3v) is 5.22. The van der Waals surface area contributed by atoms with Crippen molar-refractivity contribution in [1.29, 1.82) is 0 Å². The fourth-order valence-corrected chi connectivity index (χ4v) is 3.43. The molecule has 0 heterocycles. The Balaban J connectivity index is 1.61. The van der Waals surface area contributed by atoms with E-state index in [-0.39, 0.29) is 35.1 Å². The number of nitrogens with two attached hydrogens (primary N) is 2. The molecule has 0 unspecified atom stereocenters. The van der Waals surface area contributed by atoms with Crippen LogP contribution in [0.4, 0.5) is 5.69 Å². The number of nitrogens with one attached hydrogen (secondary N) is 1. The second kappa shape index (κ2) is 11.7. The number of hydrogen-bond donors (Lipinski definition) is 4. The Morgan fingerprint density at radius 3 is 2.29 bits per heavy atom. The number of halogens is 1. The van der Waals surface area contributed by atoms with Gasteiger partial charge in [0.1, 0.15) is 11.8 Å². The molecule has 3 rings (SSSR count). The Morgan fingerprint density at radius 1 is 1.00 bits per heavy atom. The Labute approximate surface area is 206 Å². The SMILES string of the molecule is NC(N)=Nc1ccc(C(=O)Oc2ccc(CC(=O)N[C@@H](Cc3ccccc3)C(=O)O)c(Cl)c2)cc1. The lowest BCUT2D eigenvalue weighted by Crippen LogP contribution is -2.43. The number of aliphatic imine (C=N–C) groups is 1. The zero-order chi connectivity index (χ0) is 25.4. The first kappa shape index (κ1) is 25.3. The summed E-state index contributed by atoms with van der Waals surface area (Å²) < 4.78 is 5.34. The predicted molar refractivity (Wildman–Crippen MR) is 132 cm³/mol. The zero-order valence-corrected chi connectivity index (χ0v) is 19.2. The van der Waals surface area contributed by atoms with Gasteiger partial charge in [0.2, 0.25) is 5.91 Å². The molecule has 1 amide bonds. The van der Waals surface area contributed by atoms with Gasteiger partial charge in [0, 0.05) is 11.4 Å². The van der Waals surface area contributed by atoms with Gasteiger partial charge in [0.15, 0.2) is 5.96 Å². The average Bonchev–Trinajstić information content (AvgIpc) is 2.81. The van der Waals surface area contributed by atoms with E-state index in [2.05, 4.69) is 10.3 Å². The van der Waals surface area contributed by atoms with Crippen molar-refractivity contribution in [3.8, 4) is 5.75 Å². The molecule has 0 aliphatic heterocycles. The number of nitrogens with zero attached hydrogens (tertiary/aromatic N) is 1. The summed E-state index contributed by atoms with van der Waals surface area (Å²) in [5, 5.41) is 12.2. The van der Waals surface area contributed by atoms with Crippen molar-refractivity contribution in [2.45, 2.75) is 18.9 Å². The van der Waals surface area contributed by atoms with Gasteiger partial charge in [0.25, 0.3) is 0 Å². The highest BCUT2D eigenvalue weighted by Crippen LogP contribution is 2.24. The number of carboxylic acid groups (broad SMARTS) is 1. The van der Waals surface area contributed by atoms with E-state index in [0.29, 0.717) is 11.3 Å². The first-order chi connectivity index (χ1) is 16.7. The maximum Gasteiger partial charge on any atom is 0.343 e. The molecule has 0 saturated heterocycles. The molecule has 3 aromatic carbocycles. The van der Waals surface area contributed by atoms with E-state index in [4.69, 9.17) is 27.8 Å². The monoisotopic (exact) mass is 494 g/mol. The number of guanidine groups is 1. The van der Waals surface area contributed by atoms with E-state index >= 15 is 0 Å². The molecule has 0 aromatic heterocycles. The van der Waals surface area contributed by atoms with Gasteiger partial charge < -0.3 is 26.6 Å². The number of aliphatic carboxylic acids is 1. The normalized spacial score (nSPS) is 11.2. The summed E-state index contributed by atoms with van der Waals surface area (Å²) in [6.45, 7) is 0. The van der Waals surface area contributed by atoms with E-state index in [0.717, 1.165) is 5.56 Å². The Kier molecular flexibility index (Phi) is 8.42. The molecule has 10 heteroatoms. The van der Waals surface area contributed by atoms with Crippen LogP contribution in [0, 0.1) is 0 Å². The zero-order valence-electron chi connectivity index (χ0n) is 18.5. The Bertz CT molecular complexity index is 1240. The molecule has 0 fully saturated rings. The second-order valence-electron chi connectivity index (χ2n) is 7.55. The highest BCUT2D eigenvalue weighted by molar-refractivity contribution is 6.31. The van der Waals surface area contributed by atoms with E-state index in [1.54, 1.807) is 42.5 Å². The molecule has 0 aliphatic carbocycles. The van der Waals surface area contributed by atoms with Crippen LogP contribution >= 0.6 is 11.6 Å². The van der Waals surface area contributed by atoms with Gasteiger partial charge in [-0.15, -0.1) is 0 Å². The number of esters is 1. The van der Waals surface area contributed by atoms with Crippen LogP contribution in [0.3, 0.4) is 0 Å². The second-order valence-corrected chi connectivity index (χ2v) is 7.96. The van der Waals surface area contributed by atoms with Gasteiger partial charge in [-0.3, -0.25) is 4.79 Å². The quantitative estimate of drug-likeness (QED) is 0.154. The molecular weight excluding hydrogens is 472 g/mol. The van der Waals surface area contributed by atoms with Crippen LogP contribution in [0.1, 0.15) is 21.5 Å². The van der Waals surface area contributed by atoms with E-state index in [1.807, 2.05) is 6.07 Å². The molecule has 0 aliphatic rings. The summed E-state index contributed by atoms with van der Waals surface area (Å²) in [5.41, 5.74) is 12.6. The minimum atomic E-state index is -1.14. The minimum absolute atomic E-state index is 0.0987. The summed E-state index contributed by atoms with van der Waals surface area (Å²) >= 11 is 6.27. The maximum atomic E-state index is 12.5. The summed E-state index contributed by atoms with van der Waals surface area (Å²) in [6, 6.07) is 18.5. The first-order valence-electron chi connectivity index (χ1n) is 10.5. The third kappa shape index (κ3) is 7.58. The van der Waals surface area contributed by atoms with Gasteiger partial charge in [-0.25, -0.2) is 14.6 Å². The van der Waals surface area contributed by atoms with Gasteiger partial charge in [0.05, 0.1) is 17.7 Å². The van der Waals surface area contributed by atoms with Crippen molar-refractivity contribution in [2.24, 2.45) is 16.5 Å². The predicted octanol–water partition coefficient (Wildman–Crippen LogP) is 2.82. The van der Waals surface area contributed by atoms with Crippen molar-refractivity contribution in [3.05, 3.63) is 94.5 Å². The van der Waals surface area contributed by atoms with E-state index in [9.17, 15) is 19.5 Å². The molecule has 0 spiro atoms. The lowest BCUT2D eigenvalue weighted by Gasteiger charge is -2.15. The summed E-state index contributed by atoms with van der Waals surface area (Å²) in [4.78, 5) is 40.3. The van der Waals surface area contributed by atoms with Crippen molar-refractivity contribution in [2.75, 3.05) is 0 Å².